The highest BCUT2D eigenvalue weighted by Gasteiger charge is 2.19. The van der Waals surface area contributed by atoms with Crippen LogP contribution in [0.5, 0.6) is 0 Å². The van der Waals surface area contributed by atoms with E-state index >= 15 is 0 Å². The normalized spacial score (nSPS) is 15.0. The molecule has 98 valence electrons. The highest BCUT2D eigenvalue weighted by molar-refractivity contribution is 6.33. The highest BCUT2D eigenvalue weighted by Crippen LogP contribution is 2.25. The zero-order chi connectivity index (χ0) is 13.0. The van der Waals surface area contributed by atoms with Crippen LogP contribution in [0.2, 0.25) is 5.02 Å². The maximum absolute atomic E-state index is 12.0. The Hall–Kier alpha value is -1.29. The first-order valence-electron chi connectivity index (χ1n) is 6.38. The Morgan fingerprint density at radius 3 is 2.94 bits per heavy atom. The van der Waals surface area contributed by atoms with Gasteiger partial charge >= 0.3 is 0 Å². The molecule has 18 heavy (non-hydrogen) atoms. The fourth-order valence-corrected chi connectivity index (χ4v) is 2.11. The van der Waals surface area contributed by atoms with Gasteiger partial charge in [-0.2, -0.15) is 0 Å². The number of pyridine rings is 1. The number of carbonyl (C=O) groups excluding carboxylic acids is 1. The monoisotopic (exact) mass is 267 g/mol. The maximum atomic E-state index is 12.0. The van der Waals surface area contributed by atoms with Crippen molar-refractivity contribution in [1.29, 1.82) is 0 Å². The lowest BCUT2D eigenvalue weighted by Gasteiger charge is -2.25. The second-order valence-corrected chi connectivity index (χ2v) is 4.99. The van der Waals surface area contributed by atoms with E-state index in [1.165, 1.54) is 25.5 Å². The molecule has 2 rings (SSSR count). The van der Waals surface area contributed by atoms with Crippen LogP contribution in [0.15, 0.2) is 12.3 Å². The van der Waals surface area contributed by atoms with E-state index in [2.05, 4.69) is 15.6 Å². The smallest absolute Gasteiger partial charge is 0.252 e. The van der Waals surface area contributed by atoms with Crippen molar-refractivity contribution in [2.45, 2.75) is 26.2 Å². The third-order valence-electron chi connectivity index (χ3n) is 3.23. The highest BCUT2D eigenvalue weighted by atomic mass is 35.5. The summed E-state index contributed by atoms with van der Waals surface area (Å²) in [6, 6.07) is 1.70. The van der Waals surface area contributed by atoms with Gasteiger partial charge in [0.05, 0.1) is 10.6 Å². The fourth-order valence-electron chi connectivity index (χ4n) is 1.92. The standard InChI is InChI=1S/C13H18ClN3O/c1-2-15-12-6-10(11(14)8-16-12)13(18)17-7-9-4-3-5-9/h6,8-9H,2-5,7H2,1H3,(H,15,16)(H,17,18). The third-order valence-corrected chi connectivity index (χ3v) is 3.54. The van der Waals surface area contributed by atoms with Crippen LogP contribution in [0.4, 0.5) is 5.82 Å². The number of nitrogens with one attached hydrogen (secondary N) is 2. The molecule has 1 fully saturated rings. The molecular weight excluding hydrogens is 250 g/mol. The van der Waals surface area contributed by atoms with Gasteiger partial charge in [0.1, 0.15) is 5.82 Å². The summed E-state index contributed by atoms with van der Waals surface area (Å²) in [4.78, 5) is 16.1. The minimum absolute atomic E-state index is 0.117. The van der Waals surface area contributed by atoms with Crippen molar-refractivity contribution in [3.8, 4) is 0 Å². The van der Waals surface area contributed by atoms with Gasteiger partial charge in [0.15, 0.2) is 0 Å². The number of aromatic nitrogens is 1. The number of hydrogen-bond donors (Lipinski definition) is 2. The molecule has 5 heteroatoms. The number of anilines is 1. The average molecular weight is 268 g/mol. The molecule has 0 radical (unpaired) electrons. The van der Waals surface area contributed by atoms with Crippen molar-refractivity contribution in [3.63, 3.8) is 0 Å². The third kappa shape index (κ3) is 3.13. The maximum Gasteiger partial charge on any atom is 0.252 e. The molecule has 1 aromatic rings. The van der Waals surface area contributed by atoms with Gasteiger partial charge in [0.25, 0.3) is 5.91 Å². The van der Waals surface area contributed by atoms with Crippen molar-refractivity contribution >= 4 is 23.3 Å². The second kappa shape index (κ2) is 6.05. The fraction of sp³-hybridized carbons (Fsp3) is 0.538. The zero-order valence-corrected chi connectivity index (χ0v) is 11.3. The summed E-state index contributed by atoms with van der Waals surface area (Å²) in [6.45, 7) is 3.48. The van der Waals surface area contributed by atoms with E-state index in [1.807, 2.05) is 6.92 Å². The second-order valence-electron chi connectivity index (χ2n) is 4.59. The predicted molar refractivity (Wildman–Crippen MR) is 73.1 cm³/mol. The number of amides is 1. The van der Waals surface area contributed by atoms with E-state index in [1.54, 1.807) is 6.07 Å². The van der Waals surface area contributed by atoms with Crippen LogP contribution in [-0.2, 0) is 0 Å². The molecule has 0 aliphatic heterocycles. The molecule has 1 aromatic heterocycles. The lowest BCUT2D eigenvalue weighted by atomic mass is 9.85. The Bertz CT molecular complexity index is 432. The molecule has 4 nitrogen and oxygen atoms in total. The Morgan fingerprint density at radius 2 is 2.33 bits per heavy atom. The molecule has 0 unspecified atom stereocenters. The van der Waals surface area contributed by atoms with Crippen LogP contribution in [0.3, 0.4) is 0 Å². The quantitative estimate of drug-likeness (QED) is 0.862. The topological polar surface area (TPSA) is 54.0 Å². The molecule has 1 amide bonds. The lowest BCUT2D eigenvalue weighted by molar-refractivity contribution is 0.0939. The van der Waals surface area contributed by atoms with E-state index < -0.39 is 0 Å². The van der Waals surface area contributed by atoms with Crippen molar-refractivity contribution in [2.24, 2.45) is 5.92 Å². The summed E-state index contributed by atoms with van der Waals surface area (Å²) in [5, 5.41) is 6.39. The van der Waals surface area contributed by atoms with Gasteiger partial charge in [-0.15, -0.1) is 0 Å². The molecule has 0 spiro atoms. The first-order valence-corrected chi connectivity index (χ1v) is 6.76. The summed E-state index contributed by atoms with van der Waals surface area (Å²) in [6.07, 6.45) is 5.22. The van der Waals surface area contributed by atoms with Crippen molar-refractivity contribution in [3.05, 3.63) is 22.8 Å². The SMILES string of the molecule is CCNc1cc(C(=O)NCC2CCC2)c(Cl)cn1. The number of halogens is 1. The molecule has 1 heterocycles. The summed E-state index contributed by atoms with van der Waals surface area (Å²) in [7, 11) is 0. The van der Waals surface area contributed by atoms with Gasteiger partial charge in [0.2, 0.25) is 0 Å². The van der Waals surface area contributed by atoms with Crippen LogP contribution in [0, 0.1) is 5.92 Å². The molecule has 0 atom stereocenters. The predicted octanol–water partition coefficient (Wildman–Crippen LogP) is 2.70. The van der Waals surface area contributed by atoms with Crippen molar-refractivity contribution in [1.82, 2.24) is 10.3 Å². The van der Waals surface area contributed by atoms with E-state index in [4.69, 9.17) is 11.6 Å². The van der Waals surface area contributed by atoms with Gasteiger partial charge in [-0.3, -0.25) is 4.79 Å². The Labute approximate surface area is 112 Å². The van der Waals surface area contributed by atoms with Gasteiger partial charge < -0.3 is 10.6 Å². The van der Waals surface area contributed by atoms with Crippen LogP contribution >= 0.6 is 11.6 Å². The van der Waals surface area contributed by atoms with Crippen molar-refractivity contribution in [2.75, 3.05) is 18.4 Å². The molecule has 0 bridgehead atoms. The molecule has 1 saturated carbocycles. The summed E-state index contributed by atoms with van der Waals surface area (Å²) < 4.78 is 0. The Kier molecular flexibility index (Phi) is 4.42. The molecule has 1 aliphatic carbocycles. The summed E-state index contributed by atoms with van der Waals surface area (Å²) in [5.41, 5.74) is 0.488. The van der Waals surface area contributed by atoms with Crippen molar-refractivity contribution < 1.29 is 4.79 Å². The molecule has 0 saturated heterocycles. The van der Waals surface area contributed by atoms with E-state index in [9.17, 15) is 4.79 Å². The van der Waals surface area contributed by atoms with E-state index in [-0.39, 0.29) is 5.91 Å². The van der Waals surface area contributed by atoms with Gasteiger partial charge in [0, 0.05) is 19.3 Å². The molecule has 1 aliphatic rings. The van der Waals surface area contributed by atoms with E-state index in [0.717, 1.165) is 13.1 Å². The average Bonchev–Trinajstić information content (AvgIpc) is 2.29. The number of hydrogen-bond acceptors (Lipinski definition) is 3. The van der Waals surface area contributed by atoms with Crippen LogP contribution in [-0.4, -0.2) is 24.0 Å². The molecule has 0 aromatic carbocycles. The Morgan fingerprint density at radius 1 is 1.56 bits per heavy atom. The summed E-state index contributed by atoms with van der Waals surface area (Å²) >= 11 is 6.00. The van der Waals surface area contributed by atoms with E-state index in [0.29, 0.717) is 22.3 Å². The Balaban J connectivity index is 2.00. The molecule has 2 N–H and O–H groups in total. The minimum atomic E-state index is -0.117. The van der Waals surface area contributed by atoms with Crippen LogP contribution in [0.25, 0.3) is 0 Å². The van der Waals surface area contributed by atoms with Gasteiger partial charge in [-0.05, 0) is 31.7 Å². The summed E-state index contributed by atoms with van der Waals surface area (Å²) in [5.74, 6) is 1.20. The van der Waals surface area contributed by atoms with Gasteiger partial charge in [-0.1, -0.05) is 18.0 Å². The van der Waals surface area contributed by atoms with Crippen LogP contribution < -0.4 is 10.6 Å². The number of rotatable bonds is 5. The first-order chi connectivity index (χ1) is 8.70. The number of nitrogens with zero attached hydrogens (tertiary/aromatic N) is 1. The largest absolute Gasteiger partial charge is 0.370 e. The number of carbonyl (C=O) groups is 1. The zero-order valence-electron chi connectivity index (χ0n) is 10.5. The molecular formula is C13H18ClN3O. The first kappa shape index (κ1) is 13.1. The lowest BCUT2D eigenvalue weighted by Crippen LogP contribution is -2.32. The van der Waals surface area contributed by atoms with Gasteiger partial charge in [-0.25, -0.2) is 4.98 Å². The van der Waals surface area contributed by atoms with Crippen LogP contribution in [0.1, 0.15) is 36.5 Å². The minimum Gasteiger partial charge on any atom is -0.370 e.